The monoisotopic (exact) mass is 208 g/mol. The van der Waals surface area contributed by atoms with Gasteiger partial charge >= 0.3 is 0 Å². The Morgan fingerprint density at radius 3 is 2.50 bits per heavy atom. The summed E-state index contributed by atoms with van der Waals surface area (Å²) in [6.07, 6.45) is 7.82. The summed E-state index contributed by atoms with van der Waals surface area (Å²) in [5.41, 5.74) is 0. The fraction of sp³-hybridized carbons (Fsp3) is 1.00. The lowest BCUT2D eigenvalue weighted by Gasteiger charge is -2.20. The number of hydrogen-bond donors (Lipinski definition) is 0. The Morgan fingerprint density at radius 1 is 1.42 bits per heavy atom. The van der Waals surface area contributed by atoms with Crippen LogP contribution in [-0.4, -0.2) is 17.1 Å². The first-order valence-corrected chi connectivity index (χ1v) is 7.24. The molecule has 0 N–H and O–H groups in total. The van der Waals surface area contributed by atoms with Crippen LogP contribution in [0.15, 0.2) is 0 Å². The minimum Gasteiger partial charge on any atom is -0.290 e. The summed E-state index contributed by atoms with van der Waals surface area (Å²) in [6, 6.07) is 0. The molecule has 1 fully saturated rings. The van der Waals surface area contributed by atoms with E-state index < -0.39 is 8.77 Å². The van der Waals surface area contributed by atoms with Crippen molar-refractivity contribution in [1.29, 1.82) is 0 Å². The first-order valence-electron chi connectivity index (χ1n) is 4.42. The van der Waals surface area contributed by atoms with Crippen LogP contribution in [0.5, 0.6) is 0 Å². The van der Waals surface area contributed by atoms with E-state index in [2.05, 4.69) is 11.2 Å². The summed E-state index contributed by atoms with van der Waals surface area (Å²) in [5, 5.41) is 0. The molecule has 0 aliphatic heterocycles. The van der Waals surface area contributed by atoms with Crippen molar-refractivity contribution in [3.05, 3.63) is 0 Å². The molecular formula is C8H16O2S2. The zero-order valence-corrected chi connectivity index (χ0v) is 9.09. The van der Waals surface area contributed by atoms with Crippen molar-refractivity contribution in [3.8, 4) is 0 Å². The summed E-state index contributed by atoms with van der Waals surface area (Å²) < 4.78 is 16.1. The van der Waals surface area contributed by atoms with Crippen LogP contribution in [0, 0.1) is 5.92 Å². The normalized spacial score (nSPS) is 25.1. The quantitative estimate of drug-likeness (QED) is 0.708. The molecule has 0 spiro atoms. The van der Waals surface area contributed by atoms with Crippen molar-refractivity contribution in [2.75, 3.05) is 12.9 Å². The molecule has 0 heterocycles. The van der Waals surface area contributed by atoms with Gasteiger partial charge in [0, 0.05) is 17.4 Å². The van der Waals surface area contributed by atoms with Crippen molar-refractivity contribution < 1.29 is 8.39 Å². The van der Waals surface area contributed by atoms with Gasteiger partial charge in [0.2, 0.25) is 0 Å². The van der Waals surface area contributed by atoms with Gasteiger partial charge in [-0.15, -0.1) is 0 Å². The van der Waals surface area contributed by atoms with Gasteiger partial charge in [0.25, 0.3) is 0 Å². The van der Waals surface area contributed by atoms with Crippen LogP contribution in [0.25, 0.3) is 0 Å². The fourth-order valence-electron chi connectivity index (χ4n) is 1.57. The third-order valence-corrected chi connectivity index (χ3v) is 3.10. The standard InChI is InChI=1S/C8H16O2S2/c1-12(9,11)10-7-8-5-3-2-4-6-8/h8H,2-7H2,1H3. The zero-order valence-electron chi connectivity index (χ0n) is 7.45. The molecule has 0 saturated heterocycles. The molecule has 0 bridgehead atoms. The second kappa shape index (κ2) is 4.53. The Hall–Kier alpha value is 0.330. The van der Waals surface area contributed by atoms with Gasteiger partial charge in [0.05, 0.1) is 6.61 Å². The van der Waals surface area contributed by atoms with Crippen LogP contribution in [-0.2, 0) is 24.1 Å². The van der Waals surface area contributed by atoms with Gasteiger partial charge in [-0.25, -0.2) is 4.21 Å². The second-order valence-electron chi connectivity index (χ2n) is 3.49. The lowest BCUT2D eigenvalue weighted by Crippen LogP contribution is -2.15. The van der Waals surface area contributed by atoms with Crippen molar-refractivity contribution in [3.63, 3.8) is 0 Å². The fourth-order valence-corrected chi connectivity index (χ4v) is 2.18. The minimum atomic E-state index is -2.39. The Balaban J connectivity index is 2.22. The molecule has 1 aliphatic carbocycles. The average Bonchev–Trinajstić information content (AvgIpc) is 2.02. The number of rotatable bonds is 3. The van der Waals surface area contributed by atoms with E-state index in [4.69, 9.17) is 4.18 Å². The molecule has 1 aliphatic rings. The second-order valence-corrected chi connectivity index (χ2v) is 6.95. The van der Waals surface area contributed by atoms with Gasteiger partial charge in [-0.2, -0.15) is 0 Å². The zero-order chi connectivity index (χ0) is 9.03. The third kappa shape index (κ3) is 4.38. The molecule has 1 saturated carbocycles. The third-order valence-electron chi connectivity index (χ3n) is 2.24. The predicted molar refractivity (Wildman–Crippen MR) is 54.0 cm³/mol. The number of hydrogen-bond acceptors (Lipinski definition) is 3. The summed E-state index contributed by atoms with van der Waals surface area (Å²) in [6.45, 7) is 0.596. The largest absolute Gasteiger partial charge is 0.290 e. The molecular weight excluding hydrogens is 192 g/mol. The maximum absolute atomic E-state index is 11.0. The van der Waals surface area contributed by atoms with E-state index in [0.29, 0.717) is 12.5 Å². The summed E-state index contributed by atoms with van der Waals surface area (Å²) in [7, 11) is -2.39. The average molecular weight is 208 g/mol. The van der Waals surface area contributed by atoms with Crippen LogP contribution in [0.2, 0.25) is 0 Å². The Labute approximate surface area is 79.6 Å². The first-order chi connectivity index (χ1) is 5.58. The molecule has 0 radical (unpaired) electrons. The highest BCUT2D eigenvalue weighted by molar-refractivity contribution is 8.29. The van der Waals surface area contributed by atoms with E-state index in [1.54, 1.807) is 0 Å². The molecule has 2 nitrogen and oxygen atoms in total. The molecule has 12 heavy (non-hydrogen) atoms. The van der Waals surface area contributed by atoms with Gasteiger partial charge in [-0.05, 0) is 18.8 Å². The Kier molecular flexibility index (Phi) is 3.93. The Morgan fingerprint density at radius 2 is 2.00 bits per heavy atom. The van der Waals surface area contributed by atoms with Crippen molar-refractivity contribution in [1.82, 2.24) is 0 Å². The van der Waals surface area contributed by atoms with E-state index in [1.165, 1.54) is 38.4 Å². The first kappa shape index (κ1) is 10.4. The van der Waals surface area contributed by atoms with Gasteiger partial charge in [0.15, 0.2) is 0 Å². The van der Waals surface area contributed by atoms with E-state index in [1.807, 2.05) is 0 Å². The lowest BCUT2D eigenvalue weighted by molar-refractivity contribution is 0.225. The predicted octanol–water partition coefficient (Wildman–Crippen LogP) is 1.87. The van der Waals surface area contributed by atoms with Crippen LogP contribution < -0.4 is 0 Å². The summed E-state index contributed by atoms with van der Waals surface area (Å²) in [4.78, 5) is 0. The minimum absolute atomic E-state index is 0.596. The highest BCUT2D eigenvalue weighted by atomic mass is 32.8. The smallest absolute Gasteiger partial charge is 0.141 e. The highest BCUT2D eigenvalue weighted by Gasteiger charge is 2.14. The van der Waals surface area contributed by atoms with Crippen molar-refractivity contribution >= 4 is 20.0 Å². The Bertz CT molecular complexity index is 215. The molecule has 72 valence electrons. The SMILES string of the molecule is CS(=O)(=S)OCC1CCCCC1. The van der Waals surface area contributed by atoms with E-state index in [9.17, 15) is 4.21 Å². The topological polar surface area (TPSA) is 26.3 Å². The van der Waals surface area contributed by atoms with Crippen LogP contribution in [0.3, 0.4) is 0 Å². The van der Waals surface area contributed by atoms with Crippen LogP contribution in [0.1, 0.15) is 32.1 Å². The van der Waals surface area contributed by atoms with E-state index in [0.717, 1.165) is 0 Å². The molecule has 0 amide bonds. The molecule has 0 aromatic carbocycles. The lowest BCUT2D eigenvalue weighted by atomic mass is 9.90. The summed E-state index contributed by atoms with van der Waals surface area (Å²) >= 11 is 4.66. The van der Waals surface area contributed by atoms with Crippen molar-refractivity contribution in [2.24, 2.45) is 5.92 Å². The summed E-state index contributed by atoms with van der Waals surface area (Å²) in [5.74, 6) is 0.600. The van der Waals surface area contributed by atoms with E-state index >= 15 is 0 Å². The molecule has 0 aromatic heterocycles. The molecule has 1 atom stereocenters. The van der Waals surface area contributed by atoms with Gasteiger partial charge < -0.3 is 0 Å². The van der Waals surface area contributed by atoms with Gasteiger partial charge in [0.1, 0.15) is 8.77 Å². The van der Waals surface area contributed by atoms with Gasteiger partial charge in [-0.3, -0.25) is 4.18 Å². The maximum atomic E-state index is 11.0. The van der Waals surface area contributed by atoms with Crippen LogP contribution >= 0.6 is 0 Å². The van der Waals surface area contributed by atoms with Gasteiger partial charge in [-0.1, -0.05) is 19.3 Å². The molecule has 1 rings (SSSR count). The molecule has 1 unspecified atom stereocenters. The van der Waals surface area contributed by atoms with Crippen molar-refractivity contribution in [2.45, 2.75) is 32.1 Å². The molecule has 0 aromatic rings. The molecule has 4 heteroatoms. The highest BCUT2D eigenvalue weighted by Crippen LogP contribution is 2.23. The van der Waals surface area contributed by atoms with Crippen LogP contribution in [0.4, 0.5) is 0 Å². The van der Waals surface area contributed by atoms with E-state index in [-0.39, 0.29) is 0 Å². The maximum Gasteiger partial charge on any atom is 0.141 e.